The molecule has 4 heteroatoms. The first-order chi connectivity index (χ1) is 8.22. The Morgan fingerprint density at radius 3 is 3.12 bits per heavy atom. The highest BCUT2D eigenvalue weighted by molar-refractivity contribution is 6.08. The van der Waals surface area contributed by atoms with Crippen LogP contribution in [0.3, 0.4) is 0 Å². The van der Waals surface area contributed by atoms with Crippen LogP contribution in [0.1, 0.15) is 21.8 Å². The molecule has 0 radical (unpaired) electrons. The molecule has 0 saturated carbocycles. The number of aromatic nitrogens is 1. The van der Waals surface area contributed by atoms with Crippen molar-refractivity contribution in [2.45, 2.75) is 5.92 Å². The third-order valence-electron chi connectivity index (χ3n) is 3.52. The van der Waals surface area contributed by atoms with Gasteiger partial charge in [-0.05, 0) is 17.7 Å². The largest absolute Gasteiger partial charge is 0.351 e. The SMILES string of the molecule is Cn1cc2c3c(cccc31)C(=O)NCC2CN. The van der Waals surface area contributed by atoms with Crippen molar-refractivity contribution in [3.8, 4) is 0 Å². The van der Waals surface area contributed by atoms with Crippen LogP contribution in [-0.4, -0.2) is 23.6 Å². The zero-order chi connectivity index (χ0) is 12.0. The third kappa shape index (κ3) is 1.37. The number of nitrogens with two attached hydrogens (primary N) is 1. The summed E-state index contributed by atoms with van der Waals surface area (Å²) in [5.41, 5.74) is 8.83. The van der Waals surface area contributed by atoms with Crippen molar-refractivity contribution in [2.24, 2.45) is 12.8 Å². The molecule has 2 heterocycles. The Balaban J connectivity index is 2.40. The second-order valence-electron chi connectivity index (χ2n) is 4.54. The maximum absolute atomic E-state index is 12.0. The lowest BCUT2D eigenvalue weighted by atomic mass is 9.98. The van der Waals surface area contributed by atoms with Crippen LogP contribution >= 0.6 is 0 Å². The number of aryl methyl sites for hydroxylation is 1. The van der Waals surface area contributed by atoms with E-state index in [1.165, 1.54) is 5.56 Å². The quantitative estimate of drug-likeness (QED) is 0.765. The number of nitrogens with one attached hydrogen (secondary N) is 1. The van der Waals surface area contributed by atoms with Gasteiger partial charge in [-0.1, -0.05) is 6.07 Å². The monoisotopic (exact) mass is 229 g/mol. The molecule has 0 aliphatic carbocycles. The second kappa shape index (κ2) is 3.60. The van der Waals surface area contributed by atoms with Crippen LogP contribution in [0.4, 0.5) is 0 Å². The van der Waals surface area contributed by atoms with E-state index in [2.05, 4.69) is 16.1 Å². The Bertz CT molecular complexity index is 600. The van der Waals surface area contributed by atoms with Crippen LogP contribution < -0.4 is 11.1 Å². The number of carbonyl (C=O) groups is 1. The Kier molecular flexibility index (Phi) is 2.19. The summed E-state index contributed by atoms with van der Waals surface area (Å²) < 4.78 is 2.06. The maximum Gasteiger partial charge on any atom is 0.251 e. The van der Waals surface area contributed by atoms with Gasteiger partial charge in [-0.3, -0.25) is 4.79 Å². The number of carbonyl (C=O) groups excluding carboxylic acids is 1. The summed E-state index contributed by atoms with van der Waals surface area (Å²) in [7, 11) is 2.00. The van der Waals surface area contributed by atoms with Crippen LogP contribution in [0.2, 0.25) is 0 Å². The fourth-order valence-electron chi connectivity index (χ4n) is 2.61. The lowest BCUT2D eigenvalue weighted by Gasteiger charge is -2.11. The molecule has 3 N–H and O–H groups in total. The van der Waals surface area contributed by atoms with Gasteiger partial charge < -0.3 is 15.6 Å². The molecular formula is C13H15N3O. The summed E-state index contributed by atoms with van der Waals surface area (Å²) in [6, 6.07) is 5.83. The average molecular weight is 229 g/mol. The average Bonchev–Trinajstić information content (AvgIpc) is 2.60. The van der Waals surface area contributed by atoms with E-state index < -0.39 is 0 Å². The lowest BCUT2D eigenvalue weighted by molar-refractivity contribution is 0.0955. The summed E-state index contributed by atoms with van der Waals surface area (Å²) in [4.78, 5) is 12.0. The van der Waals surface area contributed by atoms with Crippen LogP contribution in [0.5, 0.6) is 0 Å². The molecule has 4 nitrogen and oxygen atoms in total. The molecule has 1 aromatic carbocycles. The Morgan fingerprint density at radius 2 is 2.35 bits per heavy atom. The molecule has 0 fully saturated rings. The molecule has 3 rings (SSSR count). The first kappa shape index (κ1) is 10.4. The normalized spacial score (nSPS) is 19.2. The van der Waals surface area contributed by atoms with Gasteiger partial charge in [0, 0.05) is 48.7 Å². The molecule has 17 heavy (non-hydrogen) atoms. The van der Waals surface area contributed by atoms with E-state index in [-0.39, 0.29) is 11.8 Å². The van der Waals surface area contributed by atoms with Crippen molar-refractivity contribution in [1.82, 2.24) is 9.88 Å². The molecule has 0 spiro atoms. The molecule has 0 saturated heterocycles. The van der Waals surface area contributed by atoms with Crippen molar-refractivity contribution < 1.29 is 4.79 Å². The van der Waals surface area contributed by atoms with Crippen molar-refractivity contribution in [2.75, 3.05) is 13.1 Å². The molecule has 1 amide bonds. The molecule has 0 bridgehead atoms. The van der Waals surface area contributed by atoms with E-state index in [0.717, 1.165) is 16.5 Å². The number of hydrogen-bond acceptors (Lipinski definition) is 2. The molecule has 1 aliphatic heterocycles. The molecule has 2 aromatic rings. The van der Waals surface area contributed by atoms with Gasteiger partial charge in [-0.2, -0.15) is 0 Å². The van der Waals surface area contributed by atoms with E-state index >= 15 is 0 Å². The van der Waals surface area contributed by atoms with Crippen LogP contribution in [0, 0.1) is 0 Å². The number of benzene rings is 1. The highest BCUT2D eigenvalue weighted by Gasteiger charge is 2.24. The van der Waals surface area contributed by atoms with E-state index in [1.54, 1.807) is 0 Å². The minimum Gasteiger partial charge on any atom is -0.351 e. The molecule has 1 atom stereocenters. The topological polar surface area (TPSA) is 60.0 Å². The minimum atomic E-state index is -0.000926. The highest BCUT2D eigenvalue weighted by Crippen LogP contribution is 2.31. The van der Waals surface area contributed by atoms with Crippen molar-refractivity contribution in [1.29, 1.82) is 0 Å². The van der Waals surface area contributed by atoms with Crippen LogP contribution in [-0.2, 0) is 7.05 Å². The van der Waals surface area contributed by atoms with Gasteiger partial charge >= 0.3 is 0 Å². The predicted octanol–water partition coefficient (Wildman–Crippen LogP) is 0.964. The smallest absolute Gasteiger partial charge is 0.251 e. The second-order valence-corrected chi connectivity index (χ2v) is 4.54. The van der Waals surface area contributed by atoms with Gasteiger partial charge in [0.2, 0.25) is 0 Å². The maximum atomic E-state index is 12.0. The standard InChI is InChI=1S/C13H15N3O/c1-16-7-10-8(5-14)6-15-13(17)9-3-2-4-11(16)12(9)10/h2-4,7-8H,5-6,14H2,1H3,(H,15,17). The number of nitrogens with zero attached hydrogens (tertiary/aromatic N) is 1. The molecule has 88 valence electrons. The van der Waals surface area contributed by atoms with Gasteiger partial charge in [0.25, 0.3) is 5.91 Å². The van der Waals surface area contributed by atoms with Gasteiger partial charge in [0.1, 0.15) is 0 Å². The number of hydrogen-bond donors (Lipinski definition) is 2. The first-order valence-electron chi connectivity index (χ1n) is 5.78. The minimum absolute atomic E-state index is 0.000926. The fraction of sp³-hybridized carbons (Fsp3) is 0.308. The Hall–Kier alpha value is -1.81. The van der Waals surface area contributed by atoms with Crippen molar-refractivity contribution >= 4 is 16.8 Å². The molecule has 1 aliphatic rings. The molecule has 1 unspecified atom stereocenters. The summed E-state index contributed by atoms with van der Waals surface area (Å²) >= 11 is 0. The van der Waals surface area contributed by atoms with Gasteiger partial charge in [0.15, 0.2) is 0 Å². The predicted molar refractivity (Wildman–Crippen MR) is 67.0 cm³/mol. The number of rotatable bonds is 1. The van der Waals surface area contributed by atoms with E-state index in [9.17, 15) is 4.79 Å². The highest BCUT2D eigenvalue weighted by atomic mass is 16.1. The van der Waals surface area contributed by atoms with E-state index in [1.807, 2.05) is 25.2 Å². The summed E-state index contributed by atoms with van der Waals surface area (Å²) in [6.45, 7) is 1.16. The Labute approximate surface area is 99.4 Å². The van der Waals surface area contributed by atoms with Crippen LogP contribution in [0.15, 0.2) is 24.4 Å². The van der Waals surface area contributed by atoms with Crippen molar-refractivity contribution in [3.05, 3.63) is 35.5 Å². The van der Waals surface area contributed by atoms with Gasteiger partial charge in [-0.25, -0.2) is 0 Å². The summed E-state index contributed by atoms with van der Waals surface area (Å²) in [6.07, 6.45) is 2.09. The molecular weight excluding hydrogens is 214 g/mol. The van der Waals surface area contributed by atoms with Gasteiger partial charge in [-0.15, -0.1) is 0 Å². The number of amides is 1. The van der Waals surface area contributed by atoms with E-state index in [0.29, 0.717) is 13.1 Å². The van der Waals surface area contributed by atoms with Gasteiger partial charge in [0.05, 0.1) is 0 Å². The van der Waals surface area contributed by atoms with Crippen LogP contribution in [0.25, 0.3) is 10.9 Å². The van der Waals surface area contributed by atoms with Crippen molar-refractivity contribution in [3.63, 3.8) is 0 Å². The summed E-state index contributed by atoms with van der Waals surface area (Å²) in [5, 5.41) is 3.99. The Morgan fingerprint density at radius 1 is 1.53 bits per heavy atom. The third-order valence-corrected chi connectivity index (χ3v) is 3.52. The first-order valence-corrected chi connectivity index (χ1v) is 5.78. The zero-order valence-electron chi connectivity index (χ0n) is 9.73. The zero-order valence-corrected chi connectivity index (χ0v) is 9.73. The fourth-order valence-corrected chi connectivity index (χ4v) is 2.61. The lowest BCUT2D eigenvalue weighted by Crippen LogP contribution is -2.29. The van der Waals surface area contributed by atoms with E-state index in [4.69, 9.17) is 5.73 Å². The summed E-state index contributed by atoms with van der Waals surface area (Å²) in [5.74, 6) is 0.199. The molecule has 1 aromatic heterocycles.